The summed E-state index contributed by atoms with van der Waals surface area (Å²) in [6.07, 6.45) is 0.733. The maximum atomic E-state index is 14.5. The predicted octanol–water partition coefficient (Wildman–Crippen LogP) is 5.28. The predicted molar refractivity (Wildman–Crippen MR) is 104 cm³/mol. The van der Waals surface area contributed by atoms with Crippen LogP contribution in [0, 0.1) is 11.6 Å². The van der Waals surface area contributed by atoms with Crippen LogP contribution in [0.3, 0.4) is 0 Å². The highest BCUT2D eigenvalue weighted by atomic mass is 19.1. The number of ether oxygens (including phenoxy) is 1. The number of rotatable bonds is 7. The highest BCUT2D eigenvalue weighted by molar-refractivity contribution is 5.94. The molecule has 0 saturated heterocycles. The lowest BCUT2D eigenvalue weighted by atomic mass is 10.0. The third kappa shape index (κ3) is 4.85. The summed E-state index contributed by atoms with van der Waals surface area (Å²) >= 11 is 0. The molecule has 152 valence electrons. The van der Waals surface area contributed by atoms with Crippen LogP contribution in [0.4, 0.5) is 13.2 Å². The second-order valence-corrected chi connectivity index (χ2v) is 6.79. The largest absolute Gasteiger partial charge is 0.497 e. The number of carbonyl (C=O) groups excluding carboxylic acids is 1. The van der Waals surface area contributed by atoms with Gasteiger partial charge in [-0.15, -0.1) is 0 Å². The summed E-state index contributed by atoms with van der Waals surface area (Å²) in [4.78, 5) is 12.7. The van der Waals surface area contributed by atoms with Crippen molar-refractivity contribution in [3.05, 3.63) is 77.4 Å². The second-order valence-electron chi connectivity index (χ2n) is 6.79. The molecule has 0 aliphatic carbocycles. The van der Waals surface area contributed by atoms with E-state index in [9.17, 15) is 18.0 Å². The van der Waals surface area contributed by atoms with Crippen LogP contribution in [0.2, 0.25) is 0 Å². The van der Waals surface area contributed by atoms with Crippen LogP contribution in [0.25, 0.3) is 0 Å². The Morgan fingerprint density at radius 1 is 1.28 bits per heavy atom. The maximum absolute atomic E-state index is 14.5. The lowest BCUT2D eigenvalue weighted by molar-refractivity contribution is -0.129. The Labute approximate surface area is 167 Å². The van der Waals surface area contributed by atoms with Crippen molar-refractivity contribution in [3.8, 4) is 5.75 Å². The number of carbonyl (C=O) groups is 1. The Bertz CT molecular complexity index is 925. The highest BCUT2D eigenvalue weighted by Crippen LogP contribution is 2.32. The van der Waals surface area contributed by atoms with Crippen molar-refractivity contribution >= 4 is 12.1 Å². The number of nitrogens with zero attached hydrogens (tertiary/aromatic N) is 2. The van der Waals surface area contributed by atoms with E-state index in [0.29, 0.717) is 23.3 Å². The minimum Gasteiger partial charge on any atom is -0.497 e. The van der Waals surface area contributed by atoms with Gasteiger partial charge in [0.15, 0.2) is 0 Å². The molecule has 0 spiro atoms. The van der Waals surface area contributed by atoms with E-state index in [1.807, 2.05) is 0 Å². The van der Waals surface area contributed by atoms with Crippen molar-refractivity contribution in [3.63, 3.8) is 0 Å². The van der Waals surface area contributed by atoms with Gasteiger partial charge in [-0.25, -0.2) is 18.2 Å². The summed E-state index contributed by atoms with van der Waals surface area (Å²) in [6, 6.07) is 9.17. The molecule has 0 radical (unpaired) electrons. The van der Waals surface area contributed by atoms with Crippen LogP contribution in [0.1, 0.15) is 42.6 Å². The Kier molecular flexibility index (Phi) is 6.36. The van der Waals surface area contributed by atoms with Gasteiger partial charge >= 0.3 is 0 Å². The fourth-order valence-corrected chi connectivity index (χ4v) is 3.23. The van der Waals surface area contributed by atoms with E-state index in [4.69, 9.17) is 4.74 Å². The van der Waals surface area contributed by atoms with Crippen LogP contribution in [0.15, 0.2) is 59.7 Å². The first-order valence-corrected chi connectivity index (χ1v) is 9.17. The summed E-state index contributed by atoms with van der Waals surface area (Å²) in [5.74, 6) is -1.39. The van der Waals surface area contributed by atoms with Gasteiger partial charge in [0.2, 0.25) is 0 Å². The molecule has 3 rings (SSSR count). The highest BCUT2D eigenvalue weighted by Gasteiger charge is 2.30. The number of hydrazone groups is 1. The Morgan fingerprint density at radius 2 is 2.00 bits per heavy atom. The molecule has 1 amide bonds. The average Bonchev–Trinajstić information content (AvgIpc) is 3.20. The van der Waals surface area contributed by atoms with E-state index < -0.39 is 29.8 Å². The van der Waals surface area contributed by atoms with Gasteiger partial charge in [-0.1, -0.05) is 18.7 Å². The third-order valence-corrected chi connectivity index (χ3v) is 4.77. The van der Waals surface area contributed by atoms with Crippen LogP contribution >= 0.6 is 0 Å². The van der Waals surface area contributed by atoms with Gasteiger partial charge in [-0.3, -0.25) is 4.79 Å². The van der Waals surface area contributed by atoms with Crippen molar-refractivity contribution < 1.29 is 22.7 Å². The molecule has 2 unspecified atom stereocenters. The van der Waals surface area contributed by atoms with Crippen molar-refractivity contribution in [2.45, 2.75) is 31.5 Å². The zero-order valence-electron chi connectivity index (χ0n) is 15.9. The van der Waals surface area contributed by atoms with E-state index >= 15 is 0 Å². The Hall–Kier alpha value is -3.09. The maximum Gasteiger partial charge on any atom is 0.269 e. The first-order chi connectivity index (χ1) is 13.9. The molecular weight excluding hydrogens is 381 g/mol. The summed E-state index contributed by atoms with van der Waals surface area (Å²) in [7, 11) is 1.50. The molecule has 1 aliphatic heterocycles. The normalized spacial score (nSPS) is 16.7. The van der Waals surface area contributed by atoms with Gasteiger partial charge < -0.3 is 4.74 Å². The number of methoxy groups -OCH3 is 1. The van der Waals surface area contributed by atoms with E-state index in [1.54, 1.807) is 24.3 Å². The topological polar surface area (TPSA) is 41.9 Å². The monoisotopic (exact) mass is 402 g/mol. The first kappa shape index (κ1) is 20.6. The second kappa shape index (κ2) is 8.94. The molecule has 7 heteroatoms. The number of amides is 1. The van der Waals surface area contributed by atoms with Gasteiger partial charge in [0, 0.05) is 24.3 Å². The van der Waals surface area contributed by atoms with Crippen LogP contribution in [-0.4, -0.2) is 24.2 Å². The zero-order valence-corrected chi connectivity index (χ0v) is 15.9. The van der Waals surface area contributed by atoms with E-state index in [0.717, 1.165) is 11.1 Å². The molecule has 0 aromatic heterocycles. The van der Waals surface area contributed by atoms with Gasteiger partial charge in [0.05, 0.1) is 13.2 Å². The van der Waals surface area contributed by atoms with Crippen molar-refractivity contribution in [2.24, 2.45) is 5.10 Å². The molecule has 2 aromatic rings. The number of alkyl halides is 1. The molecular formula is C22H21F3N2O2. The SMILES string of the molecule is C=C(CCC(F)c1cccc(OC)c1)C(=O)N1N=CCC1c1cc(F)cc(F)c1. The minimum atomic E-state index is -1.29. The van der Waals surface area contributed by atoms with Gasteiger partial charge in [0.25, 0.3) is 5.91 Å². The molecule has 1 aliphatic rings. The molecule has 0 fully saturated rings. The zero-order chi connectivity index (χ0) is 21.0. The first-order valence-electron chi connectivity index (χ1n) is 9.17. The lowest BCUT2D eigenvalue weighted by Gasteiger charge is -2.23. The van der Waals surface area contributed by atoms with Crippen LogP contribution in [-0.2, 0) is 4.79 Å². The van der Waals surface area contributed by atoms with Gasteiger partial charge in [-0.05, 0) is 48.2 Å². The molecule has 0 N–H and O–H groups in total. The molecule has 2 aromatic carbocycles. The molecule has 1 heterocycles. The fourth-order valence-electron chi connectivity index (χ4n) is 3.23. The quantitative estimate of drug-likeness (QED) is 0.592. The standard InChI is InChI=1S/C22H21F3N2O2/c1-14(6-7-20(25)15-4-3-5-19(12-15)29-2)22(28)27-21(8-9-26-27)16-10-17(23)13-18(24)11-16/h3-5,9-13,20-21H,1,6-8H2,2H3. The van der Waals surface area contributed by atoms with Crippen molar-refractivity contribution in [1.82, 2.24) is 5.01 Å². The number of hydrogen-bond donors (Lipinski definition) is 0. The number of halogens is 3. The Morgan fingerprint density at radius 3 is 2.69 bits per heavy atom. The molecule has 4 nitrogen and oxygen atoms in total. The Balaban J connectivity index is 1.64. The van der Waals surface area contributed by atoms with Gasteiger partial charge in [0.1, 0.15) is 23.6 Å². The van der Waals surface area contributed by atoms with Crippen molar-refractivity contribution in [2.75, 3.05) is 7.11 Å². The van der Waals surface area contributed by atoms with Crippen LogP contribution < -0.4 is 4.74 Å². The summed E-state index contributed by atoms with van der Waals surface area (Å²) in [5, 5.41) is 5.17. The summed E-state index contributed by atoms with van der Waals surface area (Å²) < 4.78 is 46.7. The summed E-state index contributed by atoms with van der Waals surface area (Å²) in [6.45, 7) is 3.76. The van der Waals surface area contributed by atoms with Crippen molar-refractivity contribution in [1.29, 1.82) is 0 Å². The minimum absolute atomic E-state index is 0.0640. The van der Waals surface area contributed by atoms with E-state index in [2.05, 4.69) is 11.7 Å². The van der Waals surface area contributed by atoms with E-state index in [-0.39, 0.29) is 18.4 Å². The number of benzene rings is 2. The van der Waals surface area contributed by atoms with Gasteiger partial charge in [-0.2, -0.15) is 5.10 Å². The molecule has 29 heavy (non-hydrogen) atoms. The third-order valence-electron chi connectivity index (χ3n) is 4.77. The molecule has 0 saturated carbocycles. The smallest absolute Gasteiger partial charge is 0.269 e. The fraction of sp³-hybridized carbons (Fsp3) is 0.273. The lowest BCUT2D eigenvalue weighted by Crippen LogP contribution is -2.28. The molecule has 2 atom stereocenters. The number of hydrogen-bond acceptors (Lipinski definition) is 3. The average molecular weight is 402 g/mol. The van der Waals surface area contributed by atoms with E-state index in [1.165, 1.54) is 25.5 Å². The van der Waals surface area contributed by atoms with Crippen LogP contribution in [0.5, 0.6) is 5.75 Å². The summed E-state index contributed by atoms with van der Waals surface area (Å²) in [5.41, 5.74) is 0.939. The molecule has 0 bridgehead atoms.